The summed E-state index contributed by atoms with van der Waals surface area (Å²) < 4.78 is 0. The number of nitrogens with one attached hydrogen (secondary N) is 1. The monoisotopic (exact) mass is 278 g/mol. The second-order valence-electron chi connectivity index (χ2n) is 5.96. The molecule has 1 amide bonds. The third-order valence-corrected chi connectivity index (χ3v) is 5.00. The number of ketones is 1. The lowest BCUT2D eigenvalue weighted by molar-refractivity contribution is -0.119. The van der Waals surface area contributed by atoms with E-state index in [1.807, 2.05) is 30.3 Å². The van der Waals surface area contributed by atoms with E-state index in [4.69, 9.17) is 0 Å². The van der Waals surface area contributed by atoms with Gasteiger partial charge in [-0.25, -0.2) is 0 Å². The molecule has 0 radical (unpaired) electrons. The zero-order chi connectivity index (χ0) is 14.6. The fourth-order valence-corrected chi connectivity index (χ4v) is 4.11. The van der Waals surface area contributed by atoms with Crippen molar-refractivity contribution >= 4 is 17.3 Å². The Bertz CT molecular complexity index is 714. The summed E-state index contributed by atoms with van der Waals surface area (Å²) in [6, 6.07) is 11.5. The van der Waals surface area contributed by atoms with E-state index in [1.165, 1.54) is 0 Å². The van der Waals surface area contributed by atoms with Crippen LogP contribution in [0.4, 0.5) is 0 Å². The normalized spacial score (nSPS) is 33.7. The SMILES string of the molecule is N#C[C@H]1CC[C@H]2C(=O)C(c3ccccc3)=C3C(=O)N[C@@H]1[C@H]32. The highest BCUT2D eigenvalue weighted by Crippen LogP contribution is 2.51. The van der Waals surface area contributed by atoms with Gasteiger partial charge in [-0.3, -0.25) is 9.59 Å². The Morgan fingerprint density at radius 2 is 1.90 bits per heavy atom. The van der Waals surface area contributed by atoms with Gasteiger partial charge in [-0.15, -0.1) is 0 Å². The van der Waals surface area contributed by atoms with Crippen LogP contribution in [-0.4, -0.2) is 17.7 Å². The molecule has 1 saturated heterocycles. The largest absolute Gasteiger partial charge is 0.348 e. The molecule has 4 nitrogen and oxygen atoms in total. The van der Waals surface area contributed by atoms with E-state index in [2.05, 4.69) is 11.4 Å². The van der Waals surface area contributed by atoms with Crippen LogP contribution in [0.5, 0.6) is 0 Å². The summed E-state index contributed by atoms with van der Waals surface area (Å²) in [4.78, 5) is 25.1. The predicted octanol–water partition coefficient (Wildman–Crippen LogP) is 1.69. The maximum absolute atomic E-state index is 12.7. The van der Waals surface area contributed by atoms with E-state index in [0.717, 1.165) is 5.56 Å². The van der Waals surface area contributed by atoms with Crippen molar-refractivity contribution < 1.29 is 9.59 Å². The molecule has 0 aromatic heterocycles. The second-order valence-corrected chi connectivity index (χ2v) is 5.96. The molecule has 21 heavy (non-hydrogen) atoms. The van der Waals surface area contributed by atoms with Crippen molar-refractivity contribution in [1.29, 1.82) is 5.26 Å². The first kappa shape index (κ1) is 12.3. The molecule has 1 aliphatic heterocycles. The van der Waals surface area contributed by atoms with Crippen LogP contribution in [0.2, 0.25) is 0 Å². The van der Waals surface area contributed by atoms with Crippen LogP contribution in [0.25, 0.3) is 5.57 Å². The summed E-state index contributed by atoms with van der Waals surface area (Å²) in [5.74, 6) is -0.516. The smallest absolute Gasteiger partial charge is 0.248 e. The average Bonchev–Trinajstić information content (AvgIpc) is 3.00. The molecule has 0 spiro atoms. The summed E-state index contributed by atoms with van der Waals surface area (Å²) in [6.07, 6.45) is 1.39. The Kier molecular flexibility index (Phi) is 2.52. The third-order valence-electron chi connectivity index (χ3n) is 5.00. The molecule has 0 unspecified atom stereocenters. The predicted molar refractivity (Wildman–Crippen MR) is 75.6 cm³/mol. The molecule has 3 aliphatic rings. The summed E-state index contributed by atoms with van der Waals surface area (Å²) >= 11 is 0. The Morgan fingerprint density at radius 3 is 2.62 bits per heavy atom. The van der Waals surface area contributed by atoms with Gasteiger partial charge in [0.25, 0.3) is 0 Å². The van der Waals surface area contributed by atoms with Crippen LogP contribution in [-0.2, 0) is 9.59 Å². The molecule has 4 heteroatoms. The summed E-state index contributed by atoms with van der Waals surface area (Å²) in [5, 5.41) is 12.2. The van der Waals surface area contributed by atoms with Crippen molar-refractivity contribution in [3.63, 3.8) is 0 Å². The molecule has 1 aromatic carbocycles. The van der Waals surface area contributed by atoms with E-state index in [1.54, 1.807) is 0 Å². The minimum absolute atomic E-state index is 0.0810. The first-order valence-electron chi connectivity index (χ1n) is 7.26. The van der Waals surface area contributed by atoms with E-state index < -0.39 is 0 Å². The van der Waals surface area contributed by atoms with E-state index >= 15 is 0 Å². The molecule has 2 aliphatic carbocycles. The van der Waals surface area contributed by atoms with E-state index in [9.17, 15) is 14.9 Å². The van der Waals surface area contributed by atoms with Crippen molar-refractivity contribution in [3.8, 4) is 6.07 Å². The number of allylic oxidation sites excluding steroid dienone is 1. The van der Waals surface area contributed by atoms with Gasteiger partial charge in [-0.2, -0.15) is 5.26 Å². The zero-order valence-corrected chi connectivity index (χ0v) is 11.4. The molecule has 1 heterocycles. The topological polar surface area (TPSA) is 70.0 Å². The molecule has 4 rings (SSSR count). The molecule has 4 atom stereocenters. The van der Waals surface area contributed by atoms with Crippen molar-refractivity contribution in [2.75, 3.05) is 0 Å². The van der Waals surface area contributed by atoms with Crippen LogP contribution in [0.15, 0.2) is 35.9 Å². The Labute approximate surface area is 122 Å². The molecule has 2 fully saturated rings. The Balaban J connectivity index is 1.89. The molecule has 104 valence electrons. The summed E-state index contributed by atoms with van der Waals surface area (Å²) in [5.41, 5.74) is 2.00. The first-order chi connectivity index (χ1) is 10.2. The number of hydrogen-bond acceptors (Lipinski definition) is 3. The molecule has 0 bridgehead atoms. The van der Waals surface area contributed by atoms with Crippen molar-refractivity contribution in [2.24, 2.45) is 17.8 Å². The van der Waals surface area contributed by atoms with Crippen molar-refractivity contribution in [3.05, 3.63) is 41.5 Å². The number of amides is 1. The van der Waals surface area contributed by atoms with E-state index in [-0.39, 0.29) is 35.5 Å². The Hall–Kier alpha value is -2.41. The van der Waals surface area contributed by atoms with E-state index in [0.29, 0.717) is 24.0 Å². The highest BCUT2D eigenvalue weighted by molar-refractivity contribution is 6.31. The van der Waals surface area contributed by atoms with Gasteiger partial charge < -0.3 is 5.32 Å². The molecule has 1 N–H and O–H groups in total. The van der Waals surface area contributed by atoms with Gasteiger partial charge in [0.15, 0.2) is 5.78 Å². The fraction of sp³-hybridized carbons (Fsp3) is 0.353. The van der Waals surface area contributed by atoms with Crippen LogP contribution in [0, 0.1) is 29.1 Å². The number of hydrogen-bond donors (Lipinski definition) is 1. The quantitative estimate of drug-likeness (QED) is 0.849. The number of nitrogens with zero attached hydrogens (tertiary/aromatic N) is 1. The maximum Gasteiger partial charge on any atom is 0.248 e. The van der Waals surface area contributed by atoms with Gasteiger partial charge in [0, 0.05) is 23.0 Å². The highest BCUT2D eigenvalue weighted by atomic mass is 16.2. The minimum Gasteiger partial charge on any atom is -0.348 e. The summed E-state index contributed by atoms with van der Waals surface area (Å²) in [7, 11) is 0. The maximum atomic E-state index is 12.7. The van der Waals surface area contributed by atoms with Crippen LogP contribution < -0.4 is 5.32 Å². The number of nitriles is 1. The van der Waals surface area contributed by atoms with Gasteiger partial charge in [-0.1, -0.05) is 30.3 Å². The van der Waals surface area contributed by atoms with Gasteiger partial charge in [0.1, 0.15) is 0 Å². The molecule has 1 saturated carbocycles. The number of carbonyl (C=O) groups is 2. The fourth-order valence-electron chi connectivity index (χ4n) is 4.11. The molecular formula is C17H14N2O2. The number of benzene rings is 1. The zero-order valence-electron chi connectivity index (χ0n) is 11.4. The third kappa shape index (κ3) is 1.55. The van der Waals surface area contributed by atoms with Gasteiger partial charge in [0.05, 0.1) is 18.0 Å². The standard InChI is InChI=1S/C17H14N2O2/c18-8-10-6-7-11-13-14(17(21)19-15(10)13)12(16(11)20)9-4-2-1-3-5-9/h1-5,10-11,13,15H,6-7H2,(H,19,21)/t10-,11-,13+,15+/m1/s1. The first-order valence-corrected chi connectivity index (χ1v) is 7.26. The number of rotatable bonds is 1. The molecular weight excluding hydrogens is 264 g/mol. The number of Topliss-reactive ketones (excluding diaryl/α,β-unsaturated/α-hetero) is 1. The van der Waals surface area contributed by atoms with Crippen LogP contribution >= 0.6 is 0 Å². The lowest BCUT2D eigenvalue weighted by Crippen LogP contribution is -2.43. The van der Waals surface area contributed by atoms with Crippen LogP contribution in [0.1, 0.15) is 18.4 Å². The minimum atomic E-state index is -0.193. The highest BCUT2D eigenvalue weighted by Gasteiger charge is 2.56. The second kappa shape index (κ2) is 4.29. The van der Waals surface area contributed by atoms with Gasteiger partial charge in [-0.05, 0) is 18.4 Å². The summed E-state index contributed by atoms with van der Waals surface area (Å²) in [6.45, 7) is 0. The lowest BCUT2D eigenvalue weighted by atomic mass is 9.72. The van der Waals surface area contributed by atoms with Crippen LogP contribution in [0.3, 0.4) is 0 Å². The molecule has 1 aromatic rings. The van der Waals surface area contributed by atoms with Crippen molar-refractivity contribution in [1.82, 2.24) is 5.32 Å². The van der Waals surface area contributed by atoms with Crippen molar-refractivity contribution in [2.45, 2.75) is 18.9 Å². The van der Waals surface area contributed by atoms with Gasteiger partial charge in [0.2, 0.25) is 5.91 Å². The number of carbonyl (C=O) groups excluding carboxylic acids is 2. The average molecular weight is 278 g/mol. The lowest BCUT2D eigenvalue weighted by Gasteiger charge is -2.32. The Morgan fingerprint density at radius 1 is 1.14 bits per heavy atom. The van der Waals surface area contributed by atoms with Gasteiger partial charge >= 0.3 is 0 Å².